The van der Waals surface area contributed by atoms with Gasteiger partial charge in [-0.05, 0) is 43.9 Å². The van der Waals surface area contributed by atoms with Crippen LogP contribution in [0.4, 0.5) is 0 Å². The van der Waals surface area contributed by atoms with E-state index in [0.717, 1.165) is 42.7 Å². The van der Waals surface area contributed by atoms with Gasteiger partial charge in [0.1, 0.15) is 11.6 Å². The lowest BCUT2D eigenvalue weighted by molar-refractivity contribution is 0.728. The van der Waals surface area contributed by atoms with Gasteiger partial charge in [-0.25, -0.2) is 4.68 Å². The number of hydrogen-bond acceptors (Lipinski definition) is 3. The standard InChI is InChI=1S/C20H23N3O/c1-4-5-7-12-19(17-10-8-6-9-11-17)22-23-16(3)13-15(2)18(14-21)20(23)24/h6,8-11,13H,4-5,7,12H2,1-3H3/b22-19+. The topological polar surface area (TPSA) is 58.1 Å². The fraction of sp³-hybridized carbons (Fsp3) is 0.350. The Balaban J connectivity index is 2.54. The average Bonchev–Trinajstić information content (AvgIpc) is 2.58. The molecule has 24 heavy (non-hydrogen) atoms. The second-order valence-electron chi connectivity index (χ2n) is 5.94. The number of pyridine rings is 1. The van der Waals surface area contributed by atoms with Crippen LogP contribution < -0.4 is 5.56 Å². The number of aromatic nitrogens is 1. The van der Waals surface area contributed by atoms with Gasteiger partial charge in [0, 0.05) is 5.69 Å². The molecule has 0 spiro atoms. The third kappa shape index (κ3) is 3.99. The van der Waals surface area contributed by atoms with Gasteiger partial charge in [-0.2, -0.15) is 10.4 Å². The molecule has 4 nitrogen and oxygen atoms in total. The maximum Gasteiger partial charge on any atom is 0.289 e. The normalized spacial score (nSPS) is 11.3. The van der Waals surface area contributed by atoms with Gasteiger partial charge in [-0.3, -0.25) is 4.79 Å². The van der Waals surface area contributed by atoms with E-state index in [1.807, 2.05) is 49.4 Å². The first-order chi connectivity index (χ1) is 11.6. The molecule has 0 amide bonds. The van der Waals surface area contributed by atoms with Crippen LogP contribution in [-0.2, 0) is 0 Å². The van der Waals surface area contributed by atoms with E-state index in [1.54, 1.807) is 6.92 Å². The molecule has 0 radical (unpaired) electrons. The lowest BCUT2D eigenvalue weighted by Gasteiger charge is -2.11. The molecule has 1 aromatic carbocycles. The van der Waals surface area contributed by atoms with Crippen molar-refractivity contribution >= 4 is 5.71 Å². The molecule has 1 heterocycles. The van der Waals surface area contributed by atoms with Gasteiger partial charge in [0.05, 0.1) is 5.71 Å². The molecule has 0 aliphatic rings. The van der Waals surface area contributed by atoms with Crippen molar-refractivity contribution in [3.05, 3.63) is 69.1 Å². The highest BCUT2D eigenvalue weighted by atomic mass is 16.1. The van der Waals surface area contributed by atoms with Crippen LogP contribution in [0.15, 0.2) is 46.3 Å². The minimum Gasteiger partial charge on any atom is -0.266 e. The zero-order valence-corrected chi connectivity index (χ0v) is 14.5. The quantitative estimate of drug-likeness (QED) is 0.592. The number of rotatable bonds is 6. The monoisotopic (exact) mass is 321 g/mol. The first-order valence-corrected chi connectivity index (χ1v) is 8.35. The zero-order valence-electron chi connectivity index (χ0n) is 14.5. The number of unbranched alkanes of at least 4 members (excludes halogenated alkanes) is 2. The summed E-state index contributed by atoms with van der Waals surface area (Å²) in [5.41, 5.74) is 3.13. The van der Waals surface area contributed by atoms with Crippen molar-refractivity contribution in [2.24, 2.45) is 5.10 Å². The summed E-state index contributed by atoms with van der Waals surface area (Å²) in [6.45, 7) is 5.78. The third-order valence-electron chi connectivity index (χ3n) is 4.02. The number of nitriles is 1. The van der Waals surface area contributed by atoms with Gasteiger partial charge in [-0.15, -0.1) is 0 Å². The second kappa shape index (κ2) is 8.26. The summed E-state index contributed by atoms with van der Waals surface area (Å²) in [4.78, 5) is 12.6. The molecular formula is C20H23N3O. The molecule has 2 rings (SSSR count). The van der Waals surface area contributed by atoms with E-state index < -0.39 is 0 Å². The Kier molecular flexibility index (Phi) is 6.08. The van der Waals surface area contributed by atoms with Gasteiger partial charge in [0.25, 0.3) is 5.56 Å². The van der Waals surface area contributed by atoms with Crippen molar-refractivity contribution in [3.63, 3.8) is 0 Å². The summed E-state index contributed by atoms with van der Waals surface area (Å²) in [6, 6.07) is 13.7. The Hall–Kier alpha value is -2.67. The van der Waals surface area contributed by atoms with E-state index in [9.17, 15) is 10.1 Å². The van der Waals surface area contributed by atoms with Crippen LogP contribution in [0, 0.1) is 25.2 Å². The van der Waals surface area contributed by atoms with Crippen molar-refractivity contribution in [3.8, 4) is 6.07 Å². The van der Waals surface area contributed by atoms with Crippen LogP contribution >= 0.6 is 0 Å². The number of nitrogens with zero attached hydrogens (tertiary/aromatic N) is 3. The van der Waals surface area contributed by atoms with Crippen LogP contribution in [0.1, 0.15) is 55.0 Å². The Labute approximate surface area is 143 Å². The van der Waals surface area contributed by atoms with E-state index in [2.05, 4.69) is 12.0 Å². The molecule has 0 aliphatic heterocycles. The van der Waals surface area contributed by atoms with Crippen molar-refractivity contribution in [2.45, 2.75) is 46.5 Å². The molecule has 4 heteroatoms. The fourth-order valence-electron chi connectivity index (χ4n) is 2.69. The minimum atomic E-state index is -0.348. The van der Waals surface area contributed by atoms with Crippen LogP contribution in [0.5, 0.6) is 0 Å². The Morgan fingerprint density at radius 1 is 1.21 bits per heavy atom. The predicted molar refractivity (Wildman–Crippen MR) is 97.4 cm³/mol. The number of aryl methyl sites for hydroxylation is 2. The molecule has 0 N–H and O–H groups in total. The van der Waals surface area contributed by atoms with E-state index in [4.69, 9.17) is 0 Å². The molecule has 0 aliphatic carbocycles. The van der Waals surface area contributed by atoms with Crippen molar-refractivity contribution in [2.75, 3.05) is 0 Å². The highest BCUT2D eigenvalue weighted by molar-refractivity contribution is 6.00. The minimum absolute atomic E-state index is 0.158. The van der Waals surface area contributed by atoms with E-state index >= 15 is 0 Å². The Bertz CT molecular complexity index is 826. The van der Waals surface area contributed by atoms with Crippen LogP contribution in [0.3, 0.4) is 0 Å². The maximum atomic E-state index is 12.6. The maximum absolute atomic E-state index is 12.6. The summed E-state index contributed by atoms with van der Waals surface area (Å²) in [7, 11) is 0. The molecule has 0 saturated carbocycles. The van der Waals surface area contributed by atoms with Gasteiger partial charge in [0.2, 0.25) is 0 Å². The predicted octanol–water partition coefficient (Wildman–Crippen LogP) is 4.17. The number of hydrogen-bond donors (Lipinski definition) is 0. The zero-order chi connectivity index (χ0) is 17.5. The lowest BCUT2D eigenvalue weighted by atomic mass is 10.0. The molecule has 124 valence electrons. The first-order valence-electron chi connectivity index (χ1n) is 8.35. The highest BCUT2D eigenvalue weighted by Crippen LogP contribution is 2.12. The largest absolute Gasteiger partial charge is 0.289 e. The van der Waals surface area contributed by atoms with Gasteiger partial charge < -0.3 is 0 Å². The molecule has 0 unspecified atom stereocenters. The van der Waals surface area contributed by atoms with Crippen LogP contribution in [-0.4, -0.2) is 10.4 Å². The van der Waals surface area contributed by atoms with E-state index in [0.29, 0.717) is 5.56 Å². The van der Waals surface area contributed by atoms with E-state index in [1.165, 1.54) is 4.68 Å². The summed E-state index contributed by atoms with van der Waals surface area (Å²) in [5.74, 6) is 0. The molecule has 0 bridgehead atoms. The van der Waals surface area contributed by atoms with Crippen molar-refractivity contribution in [1.82, 2.24) is 4.68 Å². The summed E-state index contributed by atoms with van der Waals surface area (Å²) >= 11 is 0. The summed E-state index contributed by atoms with van der Waals surface area (Å²) < 4.78 is 1.36. The molecule has 0 atom stereocenters. The van der Waals surface area contributed by atoms with Crippen LogP contribution in [0.2, 0.25) is 0 Å². The SMILES string of the molecule is CCCCC/C(=N\n1c(C)cc(C)c(C#N)c1=O)c1ccccc1. The Morgan fingerprint density at radius 3 is 2.54 bits per heavy atom. The molecule has 1 aromatic heterocycles. The highest BCUT2D eigenvalue weighted by Gasteiger charge is 2.11. The van der Waals surface area contributed by atoms with Gasteiger partial charge >= 0.3 is 0 Å². The first kappa shape index (κ1) is 17.7. The smallest absolute Gasteiger partial charge is 0.266 e. The average molecular weight is 321 g/mol. The summed E-state index contributed by atoms with van der Waals surface area (Å²) in [5, 5.41) is 13.8. The molecule has 2 aromatic rings. The fourth-order valence-corrected chi connectivity index (χ4v) is 2.69. The summed E-state index contributed by atoms with van der Waals surface area (Å²) in [6.07, 6.45) is 4.08. The number of benzene rings is 1. The Morgan fingerprint density at radius 2 is 1.92 bits per heavy atom. The van der Waals surface area contributed by atoms with Crippen molar-refractivity contribution < 1.29 is 0 Å². The second-order valence-corrected chi connectivity index (χ2v) is 5.94. The van der Waals surface area contributed by atoms with E-state index in [-0.39, 0.29) is 11.1 Å². The van der Waals surface area contributed by atoms with Crippen LogP contribution in [0.25, 0.3) is 0 Å². The van der Waals surface area contributed by atoms with Gasteiger partial charge in [0.15, 0.2) is 0 Å². The molecular weight excluding hydrogens is 298 g/mol. The molecule has 0 saturated heterocycles. The molecule has 0 fully saturated rings. The lowest BCUT2D eigenvalue weighted by Crippen LogP contribution is -2.24. The van der Waals surface area contributed by atoms with Gasteiger partial charge in [-0.1, -0.05) is 50.1 Å². The van der Waals surface area contributed by atoms with Crippen molar-refractivity contribution in [1.29, 1.82) is 5.26 Å². The third-order valence-corrected chi connectivity index (χ3v) is 4.02.